The van der Waals surface area contributed by atoms with E-state index in [0.717, 1.165) is 0 Å². The molecule has 1 aromatic rings. The summed E-state index contributed by atoms with van der Waals surface area (Å²) in [6.07, 6.45) is 1.39. The molecule has 2 rings (SSSR count). The van der Waals surface area contributed by atoms with Gasteiger partial charge in [-0.15, -0.1) is 0 Å². The van der Waals surface area contributed by atoms with Crippen molar-refractivity contribution in [3.05, 3.63) is 18.0 Å². The van der Waals surface area contributed by atoms with Gasteiger partial charge in [-0.2, -0.15) is 10.2 Å². The molecule has 1 unspecified atom stereocenters. The van der Waals surface area contributed by atoms with Gasteiger partial charge in [0.2, 0.25) is 10.0 Å². The van der Waals surface area contributed by atoms with Crippen LogP contribution in [0.1, 0.15) is 18.5 Å². The SMILES string of the molecule is CC1CNS(=O)(=O)c2ccnnc21. The van der Waals surface area contributed by atoms with Crippen molar-refractivity contribution in [1.29, 1.82) is 0 Å². The smallest absolute Gasteiger partial charge is 0.210 e. The normalized spacial score (nSPS) is 25.2. The monoisotopic (exact) mass is 199 g/mol. The summed E-state index contributed by atoms with van der Waals surface area (Å²) in [5.74, 6) is 0.0900. The summed E-state index contributed by atoms with van der Waals surface area (Å²) in [6, 6.07) is 1.47. The highest BCUT2D eigenvalue weighted by Crippen LogP contribution is 2.24. The summed E-state index contributed by atoms with van der Waals surface area (Å²) >= 11 is 0. The maximum absolute atomic E-state index is 11.4. The van der Waals surface area contributed by atoms with Gasteiger partial charge in [-0.05, 0) is 6.07 Å². The van der Waals surface area contributed by atoms with Crippen molar-refractivity contribution in [2.75, 3.05) is 6.54 Å². The number of hydrogen-bond donors (Lipinski definition) is 1. The predicted octanol–water partition coefficient (Wildman–Crippen LogP) is -0.128. The molecule has 1 aromatic heterocycles. The van der Waals surface area contributed by atoms with Crippen molar-refractivity contribution in [3.8, 4) is 0 Å². The Morgan fingerprint density at radius 1 is 1.62 bits per heavy atom. The lowest BCUT2D eigenvalue weighted by Gasteiger charge is -2.20. The molecule has 5 nitrogen and oxygen atoms in total. The topological polar surface area (TPSA) is 72.0 Å². The third-order valence-electron chi connectivity index (χ3n) is 2.05. The Labute approximate surface area is 76.2 Å². The molecule has 0 aliphatic carbocycles. The lowest BCUT2D eigenvalue weighted by Crippen LogP contribution is -2.34. The van der Waals surface area contributed by atoms with Crippen LogP contribution in [0.2, 0.25) is 0 Å². The largest absolute Gasteiger partial charge is 0.242 e. The minimum Gasteiger partial charge on any atom is -0.210 e. The minimum atomic E-state index is -3.33. The Morgan fingerprint density at radius 3 is 3.08 bits per heavy atom. The zero-order valence-electron chi connectivity index (χ0n) is 7.06. The first-order chi connectivity index (χ1) is 6.11. The molecular weight excluding hydrogens is 190 g/mol. The number of nitrogens with one attached hydrogen (secondary N) is 1. The van der Waals surface area contributed by atoms with E-state index in [2.05, 4.69) is 14.9 Å². The predicted molar refractivity (Wildman–Crippen MR) is 45.6 cm³/mol. The van der Waals surface area contributed by atoms with Gasteiger partial charge in [0, 0.05) is 12.5 Å². The van der Waals surface area contributed by atoms with E-state index in [1.165, 1.54) is 12.3 Å². The third kappa shape index (κ3) is 1.31. The molecule has 6 heteroatoms. The number of hydrogen-bond acceptors (Lipinski definition) is 4. The van der Waals surface area contributed by atoms with Crippen molar-refractivity contribution in [2.24, 2.45) is 0 Å². The minimum absolute atomic E-state index is 0.0900. The van der Waals surface area contributed by atoms with E-state index < -0.39 is 10.0 Å². The molecule has 0 radical (unpaired) electrons. The van der Waals surface area contributed by atoms with Gasteiger partial charge in [-0.25, -0.2) is 13.1 Å². The highest BCUT2D eigenvalue weighted by Gasteiger charge is 2.28. The number of fused-ring (bicyclic) bond motifs is 1. The van der Waals surface area contributed by atoms with Crippen molar-refractivity contribution in [2.45, 2.75) is 17.7 Å². The second-order valence-electron chi connectivity index (χ2n) is 3.03. The van der Waals surface area contributed by atoms with Gasteiger partial charge in [0.1, 0.15) is 4.90 Å². The fraction of sp³-hybridized carbons (Fsp3) is 0.429. The van der Waals surface area contributed by atoms with E-state index in [9.17, 15) is 8.42 Å². The van der Waals surface area contributed by atoms with Crippen LogP contribution >= 0.6 is 0 Å². The van der Waals surface area contributed by atoms with Crippen molar-refractivity contribution < 1.29 is 8.42 Å². The molecule has 1 aliphatic heterocycles. The Kier molecular flexibility index (Phi) is 1.81. The van der Waals surface area contributed by atoms with Gasteiger partial charge in [-0.3, -0.25) is 0 Å². The zero-order chi connectivity index (χ0) is 9.47. The van der Waals surface area contributed by atoms with Crippen LogP contribution in [0.3, 0.4) is 0 Å². The van der Waals surface area contributed by atoms with Gasteiger partial charge in [0.25, 0.3) is 0 Å². The zero-order valence-corrected chi connectivity index (χ0v) is 7.87. The van der Waals surface area contributed by atoms with E-state index in [0.29, 0.717) is 12.2 Å². The summed E-state index contributed by atoms with van der Waals surface area (Å²) < 4.78 is 25.3. The molecule has 0 spiro atoms. The van der Waals surface area contributed by atoms with E-state index in [4.69, 9.17) is 0 Å². The van der Waals surface area contributed by atoms with Gasteiger partial charge < -0.3 is 0 Å². The molecule has 2 heterocycles. The van der Waals surface area contributed by atoms with E-state index in [-0.39, 0.29) is 10.8 Å². The van der Waals surface area contributed by atoms with Crippen LogP contribution in [0.4, 0.5) is 0 Å². The maximum atomic E-state index is 11.4. The maximum Gasteiger partial charge on any atom is 0.242 e. The average molecular weight is 199 g/mol. The summed E-state index contributed by atoms with van der Waals surface area (Å²) in [5, 5.41) is 7.50. The first-order valence-corrected chi connectivity index (χ1v) is 5.41. The Hall–Kier alpha value is -1.01. The second-order valence-corrected chi connectivity index (χ2v) is 4.77. The first-order valence-electron chi connectivity index (χ1n) is 3.92. The molecule has 1 aliphatic rings. The molecule has 0 bridgehead atoms. The van der Waals surface area contributed by atoms with Crippen molar-refractivity contribution in [3.63, 3.8) is 0 Å². The highest BCUT2D eigenvalue weighted by atomic mass is 32.2. The lowest BCUT2D eigenvalue weighted by atomic mass is 10.1. The molecule has 0 fully saturated rings. The highest BCUT2D eigenvalue weighted by molar-refractivity contribution is 7.89. The van der Waals surface area contributed by atoms with E-state index >= 15 is 0 Å². The number of aromatic nitrogens is 2. The molecule has 70 valence electrons. The molecule has 1 atom stereocenters. The number of nitrogens with zero attached hydrogens (tertiary/aromatic N) is 2. The first kappa shape index (κ1) is 8.58. The average Bonchev–Trinajstić information content (AvgIpc) is 2.13. The summed E-state index contributed by atoms with van der Waals surface area (Å²) in [7, 11) is -3.33. The standard InChI is InChI=1S/C7H9N3O2S/c1-5-4-9-13(11,12)6-2-3-8-10-7(5)6/h2-3,5,9H,4H2,1H3. The fourth-order valence-electron chi connectivity index (χ4n) is 1.31. The van der Waals surface area contributed by atoms with Crippen LogP contribution in [0.5, 0.6) is 0 Å². The summed E-state index contributed by atoms with van der Waals surface area (Å²) in [5.41, 5.74) is 0.557. The van der Waals surface area contributed by atoms with Crippen LogP contribution in [0.15, 0.2) is 17.2 Å². The molecule has 0 aromatic carbocycles. The summed E-state index contributed by atoms with van der Waals surface area (Å²) in [6.45, 7) is 2.31. The van der Waals surface area contributed by atoms with Crippen LogP contribution in [0, 0.1) is 0 Å². The van der Waals surface area contributed by atoms with Gasteiger partial charge in [0.05, 0.1) is 11.9 Å². The van der Waals surface area contributed by atoms with Crippen LogP contribution < -0.4 is 4.72 Å². The van der Waals surface area contributed by atoms with E-state index in [1.807, 2.05) is 6.92 Å². The molecular formula is C7H9N3O2S. The van der Waals surface area contributed by atoms with Gasteiger partial charge in [0.15, 0.2) is 0 Å². The van der Waals surface area contributed by atoms with Crippen LogP contribution in [-0.4, -0.2) is 25.2 Å². The molecule has 1 N–H and O–H groups in total. The van der Waals surface area contributed by atoms with Crippen LogP contribution in [0.25, 0.3) is 0 Å². The fourth-order valence-corrected chi connectivity index (χ4v) is 2.69. The quantitative estimate of drug-likeness (QED) is 0.632. The second kappa shape index (κ2) is 2.74. The van der Waals surface area contributed by atoms with E-state index in [1.54, 1.807) is 0 Å². The third-order valence-corrected chi connectivity index (χ3v) is 3.52. The number of rotatable bonds is 0. The molecule has 0 amide bonds. The van der Waals surface area contributed by atoms with Gasteiger partial charge in [-0.1, -0.05) is 6.92 Å². The van der Waals surface area contributed by atoms with Crippen LogP contribution in [-0.2, 0) is 10.0 Å². The molecule has 0 saturated heterocycles. The van der Waals surface area contributed by atoms with Crippen molar-refractivity contribution >= 4 is 10.0 Å². The molecule has 0 saturated carbocycles. The Bertz CT molecular complexity index is 429. The molecule has 13 heavy (non-hydrogen) atoms. The lowest BCUT2D eigenvalue weighted by molar-refractivity contribution is 0.550. The Balaban J connectivity index is 2.68. The summed E-state index contributed by atoms with van der Waals surface area (Å²) in [4.78, 5) is 0.251. The van der Waals surface area contributed by atoms with Gasteiger partial charge >= 0.3 is 0 Å². The Morgan fingerprint density at radius 2 is 2.38 bits per heavy atom. The number of sulfonamides is 1. The van der Waals surface area contributed by atoms with Crippen molar-refractivity contribution in [1.82, 2.24) is 14.9 Å².